The Kier molecular flexibility index (Phi) is 29.5. The highest BCUT2D eigenvalue weighted by molar-refractivity contribution is 8.76. The van der Waals surface area contributed by atoms with Crippen LogP contribution in [0.3, 0.4) is 0 Å². The highest BCUT2D eigenvalue weighted by Gasteiger charge is 2.32. The van der Waals surface area contributed by atoms with Crippen LogP contribution in [-0.4, -0.2) is 65.5 Å². The molecule has 2 amide bonds. The van der Waals surface area contributed by atoms with E-state index < -0.39 is 35.8 Å². The molecule has 0 aromatic rings. The zero-order valence-electron chi connectivity index (χ0n) is 28.4. The fourth-order valence-electron chi connectivity index (χ4n) is 4.94. The Morgan fingerprint density at radius 1 is 0.545 bits per heavy atom. The molecule has 0 aliphatic carbocycles. The lowest BCUT2D eigenvalue weighted by Gasteiger charge is -2.26. The molecule has 2 N–H and O–H groups in total. The molecular weight excluding hydrogens is 597 g/mol. The highest BCUT2D eigenvalue weighted by atomic mass is 33.1. The predicted octanol–water partition coefficient (Wildman–Crippen LogP) is 8.39. The Hall–Kier alpha value is -1.26. The van der Waals surface area contributed by atoms with Crippen LogP contribution in [0, 0.1) is 0 Å². The van der Waals surface area contributed by atoms with Gasteiger partial charge in [0.15, 0.2) is 0 Å². The lowest BCUT2D eigenvalue weighted by Crippen LogP contribution is -2.49. The van der Waals surface area contributed by atoms with Gasteiger partial charge in [-0.3, -0.25) is 19.3 Å². The fourth-order valence-corrected chi connectivity index (χ4v) is 7.23. The van der Waals surface area contributed by atoms with Crippen molar-refractivity contribution in [1.82, 2.24) is 4.90 Å². The van der Waals surface area contributed by atoms with Crippen LogP contribution in [0.4, 0.5) is 0 Å². The number of hydrogen-bond donors (Lipinski definition) is 1. The first-order chi connectivity index (χ1) is 21.3. The molecule has 0 rings (SSSR count). The fraction of sp³-hybridized carbons (Fsp3) is 0.882. The molecule has 0 fully saturated rings. The van der Waals surface area contributed by atoms with Crippen LogP contribution in [0.1, 0.15) is 156 Å². The Bertz CT molecular complexity index is 741. The summed E-state index contributed by atoms with van der Waals surface area (Å²) in [6.07, 6.45) is 23.9. The van der Waals surface area contributed by atoms with Crippen molar-refractivity contribution in [2.24, 2.45) is 5.73 Å². The average Bonchev–Trinajstić information content (AvgIpc) is 2.99. The summed E-state index contributed by atoms with van der Waals surface area (Å²) < 4.78 is 10.8. The van der Waals surface area contributed by atoms with Crippen molar-refractivity contribution in [2.45, 2.75) is 168 Å². The summed E-state index contributed by atoms with van der Waals surface area (Å²) >= 11 is 0. The Labute approximate surface area is 276 Å². The summed E-state index contributed by atoms with van der Waals surface area (Å²) in [5.74, 6) is -1.58. The van der Waals surface area contributed by atoms with Crippen molar-refractivity contribution in [3.05, 3.63) is 0 Å². The van der Waals surface area contributed by atoms with Gasteiger partial charge in [0.2, 0.25) is 11.8 Å². The zero-order valence-corrected chi connectivity index (χ0v) is 30.0. The molecule has 0 saturated carbocycles. The number of nitrogens with two attached hydrogens (primary N) is 1. The topological polar surface area (TPSA) is 116 Å². The molecule has 2 unspecified atom stereocenters. The standard InChI is InChI=1S/C34H64N2O6S2/c1-5-7-9-11-13-15-17-19-21-23-25-41-33(39)31(35)27-43-44-28-32(36(29(3)37)30(4)38)34(40)42-26-24-22-20-18-16-14-12-10-8-6-2/h31-32H,5-28,35H2,1-4H3. The third-order valence-electron chi connectivity index (χ3n) is 7.61. The van der Waals surface area contributed by atoms with Gasteiger partial charge >= 0.3 is 11.9 Å². The monoisotopic (exact) mass is 660 g/mol. The molecular formula is C34H64N2O6S2. The number of carbonyl (C=O) groups excluding carboxylic acids is 4. The molecule has 0 aliphatic heterocycles. The summed E-state index contributed by atoms with van der Waals surface area (Å²) in [6, 6.07) is -1.81. The molecule has 0 saturated heterocycles. The molecule has 0 aromatic carbocycles. The van der Waals surface area contributed by atoms with Crippen molar-refractivity contribution < 1.29 is 28.7 Å². The van der Waals surface area contributed by atoms with Crippen molar-refractivity contribution in [2.75, 3.05) is 24.7 Å². The maximum Gasteiger partial charge on any atom is 0.330 e. The van der Waals surface area contributed by atoms with Crippen LogP contribution >= 0.6 is 21.6 Å². The molecule has 0 heterocycles. The second kappa shape index (κ2) is 30.4. The van der Waals surface area contributed by atoms with E-state index in [2.05, 4.69) is 13.8 Å². The number of unbranched alkanes of at least 4 members (excludes halogenated alkanes) is 18. The van der Waals surface area contributed by atoms with Crippen LogP contribution in [-0.2, 0) is 28.7 Å². The number of imide groups is 1. The normalized spacial score (nSPS) is 12.5. The maximum absolute atomic E-state index is 12.9. The van der Waals surface area contributed by atoms with E-state index in [1.165, 1.54) is 125 Å². The Balaban J connectivity index is 4.27. The van der Waals surface area contributed by atoms with Gasteiger partial charge in [-0.25, -0.2) is 4.79 Å². The third kappa shape index (κ3) is 24.0. The molecule has 0 aromatic heterocycles. The van der Waals surface area contributed by atoms with Crippen LogP contribution in [0.5, 0.6) is 0 Å². The van der Waals surface area contributed by atoms with Gasteiger partial charge in [0, 0.05) is 25.4 Å². The number of esters is 2. The van der Waals surface area contributed by atoms with Crippen LogP contribution < -0.4 is 5.73 Å². The molecule has 8 nitrogen and oxygen atoms in total. The Morgan fingerprint density at radius 3 is 1.27 bits per heavy atom. The summed E-state index contributed by atoms with van der Waals surface area (Å²) in [5, 5.41) is 0. The van der Waals surface area contributed by atoms with Crippen molar-refractivity contribution >= 4 is 45.3 Å². The van der Waals surface area contributed by atoms with Gasteiger partial charge in [-0.05, 0) is 12.8 Å². The molecule has 258 valence electrons. The van der Waals surface area contributed by atoms with Crippen molar-refractivity contribution in [3.8, 4) is 0 Å². The lowest BCUT2D eigenvalue weighted by atomic mass is 10.1. The first-order valence-electron chi connectivity index (χ1n) is 17.4. The number of nitrogens with zero attached hydrogens (tertiary/aromatic N) is 1. The number of carbonyl (C=O) groups is 4. The van der Waals surface area contributed by atoms with Crippen LogP contribution in [0.25, 0.3) is 0 Å². The number of ether oxygens (including phenoxy) is 2. The number of hydrogen-bond acceptors (Lipinski definition) is 9. The van der Waals surface area contributed by atoms with Gasteiger partial charge in [-0.15, -0.1) is 0 Å². The SMILES string of the molecule is CCCCCCCCCCCCOC(=O)C(N)CSSCC(C(=O)OCCCCCCCCCCCC)N(C(C)=O)C(C)=O. The second-order valence-corrected chi connectivity index (χ2v) is 14.4. The van der Waals surface area contributed by atoms with E-state index in [4.69, 9.17) is 15.2 Å². The van der Waals surface area contributed by atoms with E-state index in [1.54, 1.807) is 0 Å². The molecule has 0 bridgehead atoms. The van der Waals surface area contributed by atoms with Crippen molar-refractivity contribution in [1.29, 1.82) is 0 Å². The minimum atomic E-state index is -1.02. The van der Waals surface area contributed by atoms with Crippen molar-refractivity contribution in [3.63, 3.8) is 0 Å². The minimum Gasteiger partial charge on any atom is -0.465 e. The highest BCUT2D eigenvalue weighted by Crippen LogP contribution is 2.25. The molecule has 44 heavy (non-hydrogen) atoms. The van der Waals surface area contributed by atoms with E-state index in [0.717, 1.165) is 43.4 Å². The summed E-state index contributed by atoms with van der Waals surface area (Å²) in [5.41, 5.74) is 6.01. The first kappa shape index (κ1) is 42.7. The zero-order chi connectivity index (χ0) is 32.8. The van der Waals surface area contributed by atoms with Gasteiger partial charge in [0.1, 0.15) is 12.1 Å². The summed E-state index contributed by atoms with van der Waals surface area (Å²) in [4.78, 5) is 50.4. The summed E-state index contributed by atoms with van der Waals surface area (Å²) in [6.45, 7) is 7.63. The van der Waals surface area contributed by atoms with E-state index in [-0.39, 0.29) is 12.4 Å². The second-order valence-electron chi connectivity index (χ2n) is 11.8. The lowest BCUT2D eigenvalue weighted by molar-refractivity contribution is -0.159. The average molecular weight is 661 g/mol. The van der Waals surface area contributed by atoms with E-state index in [1.807, 2.05) is 0 Å². The molecule has 0 aliphatic rings. The third-order valence-corrected chi connectivity index (χ3v) is 10.0. The van der Waals surface area contributed by atoms with E-state index >= 15 is 0 Å². The predicted molar refractivity (Wildman–Crippen MR) is 185 cm³/mol. The quantitative estimate of drug-likeness (QED) is 0.0461. The largest absolute Gasteiger partial charge is 0.465 e. The van der Waals surface area contributed by atoms with Crippen LogP contribution in [0.2, 0.25) is 0 Å². The number of rotatable bonds is 30. The smallest absolute Gasteiger partial charge is 0.330 e. The molecule has 2 atom stereocenters. The maximum atomic E-state index is 12.9. The van der Waals surface area contributed by atoms with E-state index in [0.29, 0.717) is 12.4 Å². The Morgan fingerprint density at radius 2 is 0.886 bits per heavy atom. The molecule has 0 spiro atoms. The van der Waals surface area contributed by atoms with Crippen LogP contribution in [0.15, 0.2) is 0 Å². The van der Waals surface area contributed by atoms with E-state index in [9.17, 15) is 19.2 Å². The number of amides is 2. The first-order valence-corrected chi connectivity index (χ1v) is 19.9. The molecule has 0 radical (unpaired) electrons. The van der Waals surface area contributed by atoms with Gasteiger partial charge in [-0.1, -0.05) is 151 Å². The van der Waals surface area contributed by atoms with Gasteiger partial charge < -0.3 is 15.2 Å². The summed E-state index contributed by atoms with van der Waals surface area (Å²) in [7, 11) is 2.60. The van der Waals surface area contributed by atoms with Gasteiger partial charge in [-0.2, -0.15) is 0 Å². The van der Waals surface area contributed by atoms with Gasteiger partial charge in [0.05, 0.1) is 13.2 Å². The minimum absolute atomic E-state index is 0.154. The molecule has 10 heteroatoms. The van der Waals surface area contributed by atoms with Gasteiger partial charge in [0.25, 0.3) is 0 Å².